The Kier molecular flexibility index (Phi) is 7.70. The van der Waals surface area contributed by atoms with Gasteiger partial charge in [-0.1, -0.05) is 70.8 Å². The zero-order valence-corrected chi connectivity index (χ0v) is 19.4. The average Bonchev–Trinajstić information content (AvgIpc) is 2.66. The number of carbonyl (C=O) groups is 1. The summed E-state index contributed by atoms with van der Waals surface area (Å²) in [6.45, 7) is 14.9. The maximum Gasteiger partial charge on any atom is 0.261 e. The molecule has 0 aliphatic heterocycles. The molecule has 0 saturated carbocycles. The molecule has 1 N–H and O–H groups in total. The third-order valence-corrected chi connectivity index (χ3v) is 5.93. The van der Waals surface area contributed by atoms with Gasteiger partial charge in [-0.05, 0) is 43.2 Å². The van der Waals surface area contributed by atoms with Crippen LogP contribution >= 0.6 is 11.6 Å². The van der Waals surface area contributed by atoms with E-state index in [-0.39, 0.29) is 22.4 Å². The fraction of sp³-hybridized carbons (Fsp3) is 0.500. The lowest BCUT2D eigenvalue weighted by molar-refractivity contribution is 0.102. The van der Waals surface area contributed by atoms with Crippen molar-refractivity contribution in [3.05, 3.63) is 61.5 Å². The third-order valence-electron chi connectivity index (χ3n) is 5.49. The van der Waals surface area contributed by atoms with Crippen LogP contribution in [0, 0.1) is 13.8 Å². The van der Waals surface area contributed by atoms with Crippen LogP contribution in [0.25, 0.3) is 0 Å². The van der Waals surface area contributed by atoms with Gasteiger partial charge in [-0.25, -0.2) is 0 Å². The normalized spacial score (nSPS) is 11.4. The summed E-state index contributed by atoms with van der Waals surface area (Å²) in [6, 6.07) is 6.08. The van der Waals surface area contributed by atoms with Crippen molar-refractivity contribution in [2.24, 2.45) is 0 Å². The van der Waals surface area contributed by atoms with Gasteiger partial charge in [0.25, 0.3) is 5.91 Å². The van der Waals surface area contributed by atoms with Crippen LogP contribution in [0.3, 0.4) is 0 Å². The van der Waals surface area contributed by atoms with Gasteiger partial charge in [0.15, 0.2) is 0 Å². The predicted octanol–water partition coefficient (Wildman–Crippen LogP) is 6.42. The van der Waals surface area contributed by atoms with Crippen molar-refractivity contribution in [2.75, 3.05) is 5.32 Å². The molecule has 0 atom stereocenters. The largest absolute Gasteiger partial charge is 0.347 e. The summed E-state index contributed by atoms with van der Waals surface area (Å²) in [6.07, 6.45) is 1.97. The average molecular weight is 417 g/mol. The minimum absolute atomic E-state index is 0.123. The van der Waals surface area contributed by atoms with Crippen molar-refractivity contribution >= 4 is 23.2 Å². The van der Waals surface area contributed by atoms with Crippen LogP contribution in [0.2, 0.25) is 5.02 Å². The third kappa shape index (κ3) is 4.75. The summed E-state index contributed by atoms with van der Waals surface area (Å²) in [5.74, 6) is 0.0930. The monoisotopic (exact) mass is 416 g/mol. The van der Waals surface area contributed by atoms with Gasteiger partial charge in [0.2, 0.25) is 5.43 Å². The van der Waals surface area contributed by atoms with Crippen LogP contribution in [0.15, 0.2) is 23.0 Å². The van der Waals surface area contributed by atoms with Crippen LogP contribution in [0.4, 0.5) is 5.69 Å². The Morgan fingerprint density at radius 3 is 2.10 bits per heavy atom. The molecule has 0 radical (unpaired) electrons. The molecule has 0 aliphatic carbocycles. The molecule has 1 heterocycles. The number of unbranched alkanes of at least 4 members (excludes halogenated alkanes) is 1. The zero-order chi connectivity index (χ0) is 21.9. The molecule has 1 aromatic heterocycles. The number of para-hydroxylation sites is 1. The number of anilines is 1. The van der Waals surface area contributed by atoms with E-state index in [2.05, 4.69) is 39.9 Å². The van der Waals surface area contributed by atoms with E-state index in [9.17, 15) is 9.59 Å². The highest BCUT2D eigenvalue weighted by Gasteiger charge is 2.23. The number of benzene rings is 1. The number of aromatic nitrogens is 1. The molecule has 0 fully saturated rings. The van der Waals surface area contributed by atoms with Crippen molar-refractivity contribution in [3.63, 3.8) is 0 Å². The van der Waals surface area contributed by atoms with Gasteiger partial charge in [-0.3, -0.25) is 9.59 Å². The van der Waals surface area contributed by atoms with E-state index in [1.807, 2.05) is 36.6 Å². The highest BCUT2D eigenvalue weighted by Crippen LogP contribution is 2.33. The number of pyridine rings is 1. The zero-order valence-electron chi connectivity index (χ0n) is 18.6. The topological polar surface area (TPSA) is 51.1 Å². The van der Waals surface area contributed by atoms with E-state index in [1.54, 1.807) is 0 Å². The molecule has 4 nitrogen and oxygen atoms in total. The van der Waals surface area contributed by atoms with Crippen molar-refractivity contribution in [1.82, 2.24) is 4.57 Å². The lowest BCUT2D eigenvalue weighted by Crippen LogP contribution is -2.29. The Morgan fingerprint density at radius 1 is 1.07 bits per heavy atom. The first-order chi connectivity index (χ1) is 13.6. The van der Waals surface area contributed by atoms with Gasteiger partial charge in [0, 0.05) is 23.6 Å². The predicted molar refractivity (Wildman–Crippen MR) is 123 cm³/mol. The first-order valence-electron chi connectivity index (χ1n) is 10.4. The van der Waals surface area contributed by atoms with Crippen molar-refractivity contribution in [1.29, 1.82) is 0 Å². The van der Waals surface area contributed by atoms with Crippen LogP contribution in [0.5, 0.6) is 0 Å². The van der Waals surface area contributed by atoms with Crippen LogP contribution in [0.1, 0.15) is 92.2 Å². The standard InChI is InChI=1S/C24H33ClN2O2/c1-8-9-13-27-16(6)20(23(28)21(25)17(27)7)24(29)26-22-18(14(2)3)11-10-12-19(22)15(4)5/h10-12,14-15H,8-9,13H2,1-7H3,(H,26,29). The summed E-state index contributed by atoms with van der Waals surface area (Å²) in [7, 11) is 0. The van der Waals surface area contributed by atoms with Crippen molar-refractivity contribution in [2.45, 2.75) is 79.7 Å². The number of hydrogen-bond acceptors (Lipinski definition) is 2. The van der Waals surface area contributed by atoms with E-state index < -0.39 is 11.3 Å². The molecule has 2 rings (SSSR count). The maximum absolute atomic E-state index is 13.3. The van der Waals surface area contributed by atoms with E-state index >= 15 is 0 Å². The first kappa shape index (κ1) is 23.2. The second-order valence-electron chi connectivity index (χ2n) is 8.27. The molecule has 1 aromatic carbocycles. The lowest BCUT2D eigenvalue weighted by atomic mass is 9.92. The van der Waals surface area contributed by atoms with Gasteiger partial charge in [-0.2, -0.15) is 0 Å². The summed E-state index contributed by atoms with van der Waals surface area (Å²) < 4.78 is 1.99. The van der Waals surface area contributed by atoms with E-state index in [1.165, 1.54) is 0 Å². The minimum Gasteiger partial charge on any atom is -0.347 e. The van der Waals surface area contributed by atoms with Gasteiger partial charge < -0.3 is 9.88 Å². The Labute approximate surface area is 179 Å². The second kappa shape index (κ2) is 9.62. The second-order valence-corrected chi connectivity index (χ2v) is 8.65. The Morgan fingerprint density at radius 2 is 1.62 bits per heavy atom. The highest BCUT2D eigenvalue weighted by molar-refractivity contribution is 6.31. The molecule has 158 valence electrons. The highest BCUT2D eigenvalue weighted by atomic mass is 35.5. The van der Waals surface area contributed by atoms with Crippen LogP contribution in [-0.2, 0) is 6.54 Å². The Balaban J connectivity index is 2.61. The SMILES string of the molecule is CCCCn1c(C)c(Cl)c(=O)c(C(=O)Nc2c(C(C)C)cccc2C(C)C)c1C. The van der Waals surface area contributed by atoms with E-state index in [0.29, 0.717) is 11.4 Å². The molecule has 1 amide bonds. The van der Waals surface area contributed by atoms with Gasteiger partial charge in [0.05, 0.1) is 0 Å². The number of halogens is 1. The molecule has 0 aliphatic rings. The van der Waals surface area contributed by atoms with Crippen LogP contribution in [-0.4, -0.2) is 10.5 Å². The van der Waals surface area contributed by atoms with Crippen molar-refractivity contribution < 1.29 is 4.79 Å². The van der Waals surface area contributed by atoms with Gasteiger partial charge in [-0.15, -0.1) is 0 Å². The van der Waals surface area contributed by atoms with Crippen molar-refractivity contribution in [3.8, 4) is 0 Å². The van der Waals surface area contributed by atoms with E-state index in [0.717, 1.165) is 36.2 Å². The first-order valence-corrected chi connectivity index (χ1v) is 10.8. The molecule has 0 bridgehead atoms. The fourth-order valence-corrected chi connectivity index (χ4v) is 3.93. The summed E-state index contributed by atoms with van der Waals surface area (Å²) >= 11 is 6.34. The molecule has 29 heavy (non-hydrogen) atoms. The van der Waals surface area contributed by atoms with Crippen LogP contribution < -0.4 is 10.7 Å². The number of carbonyl (C=O) groups excluding carboxylic acids is 1. The summed E-state index contributed by atoms with van der Waals surface area (Å²) in [5.41, 5.74) is 4.03. The Bertz CT molecular complexity index is 932. The summed E-state index contributed by atoms with van der Waals surface area (Å²) in [4.78, 5) is 26.2. The number of nitrogens with one attached hydrogen (secondary N) is 1. The van der Waals surface area contributed by atoms with Gasteiger partial charge in [0.1, 0.15) is 10.6 Å². The molecular weight excluding hydrogens is 384 g/mol. The fourth-order valence-electron chi connectivity index (χ4n) is 3.73. The quantitative estimate of drug-likeness (QED) is 0.566. The molecular formula is C24H33ClN2O2. The lowest BCUT2D eigenvalue weighted by Gasteiger charge is -2.22. The number of amides is 1. The number of rotatable bonds is 7. The molecule has 0 spiro atoms. The Hall–Kier alpha value is -2.07. The molecule has 5 heteroatoms. The minimum atomic E-state index is -0.403. The molecule has 0 unspecified atom stereocenters. The molecule has 0 saturated heterocycles. The number of hydrogen-bond donors (Lipinski definition) is 1. The summed E-state index contributed by atoms with van der Waals surface area (Å²) in [5, 5.41) is 3.18. The van der Waals surface area contributed by atoms with Gasteiger partial charge >= 0.3 is 0 Å². The maximum atomic E-state index is 13.3. The number of nitrogens with zero attached hydrogens (tertiary/aromatic N) is 1. The molecule has 2 aromatic rings. The van der Waals surface area contributed by atoms with E-state index in [4.69, 9.17) is 11.6 Å². The smallest absolute Gasteiger partial charge is 0.261 e.